The monoisotopic (exact) mass is 379 g/mol. The van der Waals surface area contributed by atoms with E-state index in [-0.39, 0.29) is 17.4 Å². The van der Waals surface area contributed by atoms with Crippen molar-refractivity contribution in [3.8, 4) is 17.2 Å². The van der Waals surface area contributed by atoms with Gasteiger partial charge in [-0.2, -0.15) is 8.78 Å². The number of alkyl halides is 2. The molecule has 0 fully saturated rings. The highest BCUT2D eigenvalue weighted by Crippen LogP contribution is 2.31. The van der Waals surface area contributed by atoms with Gasteiger partial charge in [-0.15, -0.1) is 0 Å². The third-order valence-electron chi connectivity index (χ3n) is 3.74. The summed E-state index contributed by atoms with van der Waals surface area (Å²) in [6.45, 7) is 3.65. The zero-order valence-corrected chi connectivity index (χ0v) is 15.5. The molecule has 0 heterocycles. The van der Waals surface area contributed by atoms with Crippen molar-refractivity contribution < 1.29 is 27.8 Å². The fourth-order valence-corrected chi connectivity index (χ4v) is 2.51. The number of nitrogens with one attached hydrogen (secondary N) is 1. The van der Waals surface area contributed by atoms with E-state index in [4.69, 9.17) is 9.47 Å². The molecule has 2 rings (SSSR count). The number of hydrogen-bond acceptors (Lipinski definition) is 4. The maximum Gasteiger partial charge on any atom is 0.387 e. The van der Waals surface area contributed by atoms with Gasteiger partial charge in [0.25, 0.3) is 5.91 Å². The van der Waals surface area contributed by atoms with Gasteiger partial charge in [0.2, 0.25) is 0 Å². The summed E-state index contributed by atoms with van der Waals surface area (Å²) in [5.41, 5.74) is 1.06. The van der Waals surface area contributed by atoms with Crippen molar-refractivity contribution in [3.63, 3.8) is 0 Å². The topological polar surface area (TPSA) is 56.8 Å². The number of amides is 1. The molecule has 0 bridgehead atoms. The van der Waals surface area contributed by atoms with Crippen LogP contribution in [-0.4, -0.2) is 25.7 Å². The summed E-state index contributed by atoms with van der Waals surface area (Å²) >= 11 is 0. The van der Waals surface area contributed by atoms with Gasteiger partial charge in [-0.3, -0.25) is 4.79 Å². The molecular formula is C20H23F2NO4. The number of halogens is 2. The number of rotatable bonds is 9. The SMILES string of the molecule is CCOc1ccc(C(C)NC(=O)c2cccc(OC(F)F)c2)cc1OCC. The van der Waals surface area contributed by atoms with Crippen molar-refractivity contribution in [3.05, 3.63) is 53.6 Å². The quantitative estimate of drug-likeness (QED) is 0.693. The first-order valence-corrected chi connectivity index (χ1v) is 8.69. The molecule has 0 aliphatic carbocycles. The van der Waals surface area contributed by atoms with Crippen molar-refractivity contribution in [2.45, 2.75) is 33.4 Å². The predicted octanol–water partition coefficient (Wildman–Crippen LogP) is 4.58. The highest BCUT2D eigenvalue weighted by Gasteiger charge is 2.15. The number of ether oxygens (including phenoxy) is 3. The molecule has 0 aliphatic heterocycles. The zero-order valence-electron chi connectivity index (χ0n) is 15.5. The van der Waals surface area contributed by atoms with Crippen molar-refractivity contribution in [2.75, 3.05) is 13.2 Å². The molecule has 0 saturated heterocycles. The zero-order chi connectivity index (χ0) is 19.8. The predicted molar refractivity (Wildman–Crippen MR) is 97.7 cm³/mol. The van der Waals surface area contributed by atoms with Gasteiger partial charge in [-0.1, -0.05) is 12.1 Å². The van der Waals surface area contributed by atoms with Crippen molar-refractivity contribution in [1.82, 2.24) is 5.32 Å². The molecule has 1 N–H and O–H groups in total. The average Bonchev–Trinajstić information content (AvgIpc) is 2.63. The van der Waals surface area contributed by atoms with Crippen LogP contribution in [-0.2, 0) is 0 Å². The minimum Gasteiger partial charge on any atom is -0.490 e. The molecule has 0 aliphatic rings. The summed E-state index contributed by atoms with van der Waals surface area (Å²) in [6.07, 6.45) is 0. The van der Waals surface area contributed by atoms with E-state index in [1.807, 2.05) is 32.9 Å². The van der Waals surface area contributed by atoms with Gasteiger partial charge in [0, 0.05) is 5.56 Å². The highest BCUT2D eigenvalue weighted by molar-refractivity contribution is 5.94. The third-order valence-corrected chi connectivity index (χ3v) is 3.74. The van der Waals surface area contributed by atoms with Crippen LogP contribution >= 0.6 is 0 Å². The van der Waals surface area contributed by atoms with Gasteiger partial charge in [0.05, 0.1) is 19.3 Å². The van der Waals surface area contributed by atoms with Gasteiger partial charge in [-0.05, 0) is 56.7 Å². The Balaban J connectivity index is 2.13. The maximum atomic E-state index is 12.4. The smallest absolute Gasteiger partial charge is 0.387 e. The first-order valence-electron chi connectivity index (χ1n) is 8.69. The van der Waals surface area contributed by atoms with Crippen LogP contribution in [0.15, 0.2) is 42.5 Å². The summed E-state index contributed by atoms with van der Waals surface area (Å²) < 4.78 is 40.1. The fourth-order valence-electron chi connectivity index (χ4n) is 2.51. The molecule has 1 amide bonds. The van der Waals surface area contributed by atoms with Crippen molar-refractivity contribution >= 4 is 5.91 Å². The molecule has 0 saturated carbocycles. The Morgan fingerprint density at radius 1 is 1.04 bits per heavy atom. The minimum atomic E-state index is -2.94. The van der Waals surface area contributed by atoms with E-state index in [2.05, 4.69) is 10.1 Å². The van der Waals surface area contributed by atoms with E-state index in [0.717, 1.165) is 5.56 Å². The molecule has 0 aromatic heterocycles. The minimum absolute atomic E-state index is 0.0648. The van der Waals surface area contributed by atoms with Gasteiger partial charge in [-0.25, -0.2) is 0 Å². The van der Waals surface area contributed by atoms with E-state index in [9.17, 15) is 13.6 Å². The van der Waals surface area contributed by atoms with Gasteiger partial charge < -0.3 is 19.5 Å². The number of carbonyl (C=O) groups is 1. The lowest BCUT2D eigenvalue weighted by atomic mass is 10.1. The summed E-state index contributed by atoms with van der Waals surface area (Å²) in [5.74, 6) is 0.780. The van der Waals surface area contributed by atoms with E-state index in [0.29, 0.717) is 24.7 Å². The Labute approximate surface area is 157 Å². The Bertz CT molecular complexity index is 767. The molecule has 2 aromatic carbocycles. The lowest BCUT2D eigenvalue weighted by Gasteiger charge is -2.18. The molecule has 2 aromatic rings. The third kappa shape index (κ3) is 5.84. The molecule has 5 nitrogen and oxygen atoms in total. The van der Waals surface area contributed by atoms with Crippen LogP contribution in [0.4, 0.5) is 8.78 Å². The van der Waals surface area contributed by atoms with Crippen LogP contribution in [0.3, 0.4) is 0 Å². The standard InChI is InChI=1S/C20H23F2NO4/c1-4-25-17-10-9-14(12-18(17)26-5-2)13(3)23-19(24)15-7-6-8-16(11-15)27-20(21)22/h6-13,20H,4-5H2,1-3H3,(H,23,24). The second-order valence-corrected chi connectivity index (χ2v) is 5.67. The summed E-state index contributed by atoms with van der Waals surface area (Å²) in [5, 5.41) is 2.84. The fraction of sp³-hybridized carbons (Fsp3) is 0.350. The second-order valence-electron chi connectivity index (χ2n) is 5.67. The van der Waals surface area contributed by atoms with E-state index < -0.39 is 12.5 Å². The van der Waals surface area contributed by atoms with Crippen LogP contribution in [0.1, 0.15) is 42.7 Å². The molecule has 7 heteroatoms. The Morgan fingerprint density at radius 2 is 1.74 bits per heavy atom. The molecule has 0 spiro atoms. The number of benzene rings is 2. The van der Waals surface area contributed by atoms with E-state index in [1.165, 1.54) is 24.3 Å². The van der Waals surface area contributed by atoms with Crippen LogP contribution in [0.5, 0.6) is 17.2 Å². The Morgan fingerprint density at radius 3 is 2.41 bits per heavy atom. The van der Waals surface area contributed by atoms with Crippen LogP contribution in [0.25, 0.3) is 0 Å². The Kier molecular flexibility index (Phi) is 7.40. The maximum absolute atomic E-state index is 12.4. The van der Waals surface area contributed by atoms with Crippen molar-refractivity contribution in [2.24, 2.45) is 0 Å². The lowest BCUT2D eigenvalue weighted by molar-refractivity contribution is -0.0498. The van der Waals surface area contributed by atoms with Gasteiger partial charge >= 0.3 is 6.61 Å². The van der Waals surface area contributed by atoms with E-state index >= 15 is 0 Å². The first kappa shape index (κ1) is 20.5. The lowest BCUT2D eigenvalue weighted by Crippen LogP contribution is -2.26. The van der Waals surface area contributed by atoms with Crippen molar-refractivity contribution in [1.29, 1.82) is 0 Å². The summed E-state index contributed by atoms with van der Waals surface area (Å²) in [6, 6.07) is 10.8. The summed E-state index contributed by atoms with van der Waals surface area (Å²) in [4.78, 5) is 12.4. The Hall–Kier alpha value is -2.83. The van der Waals surface area contributed by atoms with E-state index in [1.54, 1.807) is 6.07 Å². The van der Waals surface area contributed by atoms with Gasteiger partial charge in [0.1, 0.15) is 5.75 Å². The first-order chi connectivity index (χ1) is 12.9. The van der Waals surface area contributed by atoms with Crippen LogP contribution in [0, 0.1) is 0 Å². The van der Waals surface area contributed by atoms with Gasteiger partial charge in [0.15, 0.2) is 11.5 Å². The molecule has 146 valence electrons. The molecule has 0 radical (unpaired) electrons. The summed E-state index contributed by atoms with van der Waals surface area (Å²) in [7, 11) is 0. The molecule has 27 heavy (non-hydrogen) atoms. The second kappa shape index (κ2) is 9.75. The van der Waals surface area contributed by atoms with Crippen LogP contribution < -0.4 is 19.5 Å². The average molecular weight is 379 g/mol. The number of carbonyl (C=O) groups excluding carboxylic acids is 1. The normalized spacial score (nSPS) is 11.8. The molecule has 1 atom stereocenters. The highest BCUT2D eigenvalue weighted by atomic mass is 19.3. The number of hydrogen-bond donors (Lipinski definition) is 1. The molecule has 1 unspecified atom stereocenters. The molecular weight excluding hydrogens is 356 g/mol. The van der Waals surface area contributed by atoms with Crippen LogP contribution in [0.2, 0.25) is 0 Å². The largest absolute Gasteiger partial charge is 0.490 e.